The number of nitrogens with one attached hydrogen (secondary N) is 3. The van der Waals surface area contributed by atoms with Gasteiger partial charge in [-0.3, -0.25) is 10.1 Å². The van der Waals surface area contributed by atoms with Crippen LogP contribution in [0.15, 0.2) is 17.4 Å². The molecule has 2 aromatic rings. The van der Waals surface area contributed by atoms with Gasteiger partial charge in [-0.1, -0.05) is 37.2 Å². The predicted octanol–water partition coefficient (Wildman–Crippen LogP) is 2.19. The third-order valence-corrected chi connectivity index (χ3v) is 3.63. The molecule has 0 fully saturated rings. The summed E-state index contributed by atoms with van der Waals surface area (Å²) >= 11 is 7.02. The lowest BCUT2D eigenvalue weighted by Gasteiger charge is -2.07. The van der Waals surface area contributed by atoms with E-state index < -0.39 is 11.9 Å². The molecule has 0 bridgehead atoms. The van der Waals surface area contributed by atoms with Crippen molar-refractivity contribution in [2.24, 2.45) is 5.92 Å². The van der Waals surface area contributed by atoms with Gasteiger partial charge in [-0.15, -0.1) is 0 Å². The highest BCUT2D eigenvalue weighted by Crippen LogP contribution is 2.20. The van der Waals surface area contributed by atoms with Crippen molar-refractivity contribution in [3.05, 3.63) is 17.3 Å². The number of thioether (sulfide) groups is 1. The number of imide groups is 1. The number of halogens is 1. The predicted molar refractivity (Wildman–Crippen MR) is 86.0 cm³/mol. The molecule has 3 amide bonds. The van der Waals surface area contributed by atoms with Crippen LogP contribution >= 0.6 is 23.4 Å². The van der Waals surface area contributed by atoms with E-state index in [1.165, 1.54) is 18.0 Å². The van der Waals surface area contributed by atoms with Gasteiger partial charge < -0.3 is 10.3 Å². The summed E-state index contributed by atoms with van der Waals surface area (Å²) in [5, 5.41) is 5.92. The van der Waals surface area contributed by atoms with Crippen LogP contribution in [0.1, 0.15) is 13.8 Å². The molecular weight excluding hydrogens is 326 g/mol. The van der Waals surface area contributed by atoms with E-state index in [1.54, 1.807) is 6.07 Å². The first-order valence-corrected chi connectivity index (χ1v) is 8.02. The fourth-order valence-electron chi connectivity index (χ4n) is 1.56. The van der Waals surface area contributed by atoms with Crippen LogP contribution in [0.2, 0.25) is 5.02 Å². The highest BCUT2D eigenvalue weighted by Gasteiger charge is 2.11. The van der Waals surface area contributed by atoms with E-state index in [1.807, 2.05) is 13.8 Å². The van der Waals surface area contributed by atoms with Crippen LogP contribution < -0.4 is 10.6 Å². The van der Waals surface area contributed by atoms with Gasteiger partial charge in [0.25, 0.3) is 0 Å². The Labute approximate surface area is 136 Å². The Morgan fingerprint density at radius 2 is 2.23 bits per heavy atom. The van der Waals surface area contributed by atoms with Crippen LogP contribution in [0.3, 0.4) is 0 Å². The number of rotatable bonds is 5. The van der Waals surface area contributed by atoms with Crippen LogP contribution in [0, 0.1) is 5.92 Å². The average Bonchev–Trinajstić information content (AvgIpc) is 2.85. The number of imidazole rings is 1. The number of hydrogen-bond acceptors (Lipinski definition) is 5. The Morgan fingerprint density at radius 1 is 1.45 bits per heavy atom. The molecule has 7 nitrogen and oxygen atoms in total. The van der Waals surface area contributed by atoms with Gasteiger partial charge >= 0.3 is 6.03 Å². The summed E-state index contributed by atoms with van der Waals surface area (Å²) in [6.45, 7) is 4.46. The number of aromatic amines is 1. The van der Waals surface area contributed by atoms with Crippen molar-refractivity contribution in [2.75, 3.05) is 12.3 Å². The quantitative estimate of drug-likeness (QED) is 0.724. The largest absolute Gasteiger partial charge is 0.338 e. The van der Waals surface area contributed by atoms with Crippen LogP contribution in [0.5, 0.6) is 0 Å². The number of pyridine rings is 1. The lowest BCUT2D eigenvalue weighted by molar-refractivity contribution is -0.117. The molecule has 0 unspecified atom stereocenters. The minimum atomic E-state index is -0.489. The van der Waals surface area contributed by atoms with Crippen LogP contribution in [0.25, 0.3) is 11.2 Å². The SMILES string of the molecule is CC(C)CNC(=O)NC(=O)CSc1nc2ncc(Cl)cc2[nH]1. The second-order valence-corrected chi connectivity index (χ2v) is 6.41. The van der Waals surface area contributed by atoms with Crippen molar-refractivity contribution in [1.82, 2.24) is 25.6 Å². The summed E-state index contributed by atoms with van der Waals surface area (Å²) in [4.78, 5) is 34.4. The number of H-pyrrole nitrogens is 1. The number of carbonyl (C=O) groups excluding carboxylic acids is 2. The molecule has 0 atom stereocenters. The zero-order valence-corrected chi connectivity index (χ0v) is 13.7. The van der Waals surface area contributed by atoms with Crippen LogP contribution in [-0.4, -0.2) is 39.2 Å². The first kappa shape index (κ1) is 16.6. The molecule has 0 radical (unpaired) electrons. The van der Waals surface area contributed by atoms with Crippen molar-refractivity contribution in [2.45, 2.75) is 19.0 Å². The zero-order chi connectivity index (χ0) is 16.1. The Balaban J connectivity index is 1.83. The van der Waals surface area contributed by atoms with Crippen LogP contribution in [0.4, 0.5) is 4.79 Å². The molecule has 9 heteroatoms. The zero-order valence-electron chi connectivity index (χ0n) is 12.1. The van der Waals surface area contributed by atoms with E-state index in [2.05, 4.69) is 25.6 Å². The molecule has 0 aliphatic rings. The number of amides is 3. The lowest BCUT2D eigenvalue weighted by atomic mass is 10.2. The number of carbonyl (C=O) groups is 2. The fourth-order valence-corrected chi connectivity index (χ4v) is 2.39. The van der Waals surface area contributed by atoms with Gasteiger partial charge in [0.2, 0.25) is 5.91 Å². The van der Waals surface area contributed by atoms with Crippen LogP contribution in [-0.2, 0) is 4.79 Å². The number of hydrogen-bond donors (Lipinski definition) is 3. The fraction of sp³-hybridized carbons (Fsp3) is 0.385. The van der Waals surface area contributed by atoms with Gasteiger partial charge in [-0.25, -0.2) is 14.8 Å². The van der Waals surface area contributed by atoms with E-state index in [0.717, 1.165) is 0 Å². The standard InChI is InChI=1S/C13H16ClN5O2S/c1-7(2)4-16-12(21)18-10(20)6-22-13-17-9-3-8(14)5-15-11(9)19-13/h3,5,7H,4,6H2,1-2H3,(H,15,17,19)(H2,16,18,20,21). The summed E-state index contributed by atoms with van der Waals surface area (Å²) in [6.07, 6.45) is 1.50. The Morgan fingerprint density at radius 3 is 2.95 bits per heavy atom. The molecule has 2 rings (SSSR count). The minimum Gasteiger partial charge on any atom is -0.338 e. The van der Waals surface area contributed by atoms with Crippen molar-refractivity contribution in [3.8, 4) is 0 Å². The number of fused-ring (bicyclic) bond motifs is 1. The molecule has 0 saturated carbocycles. The average molecular weight is 342 g/mol. The topological polar surface area (TPSA) is 99.8 Å². The van der Waals surface area contributed by atoms with Gasteiger partial charge in [-0.05, 0) is 12.0 Å². The molecule has 2 heterocycles. The van der Waals surface area contributed by atoms with Gasteiger partial charge in [-0.2, -0.15) is 0 Å². The third kappa shape index (κ3) is 4.88. The maximum absolute atomic E-state index is 11.7. The summed E-state index contributed by atoms with van der Waals surface area (Å²) in [5.74, 6) is 0.00523. The van der Waals surface area contributed by atoms with E-state index in [9.17, 15) is 9.59 Å². The van der Waals surface area contributed by atoms with Crippen molar-refractivity contribution in [1.29, 1.82) is 0 Å². The third-order valence-electron chi connectivity index (χ3n) is 2.55. The van der Waals surface area contributed by atoms with Crippen molar-refractivity contribution < 1.29 is 9.59 Å². The highest BCUT2D eigenvalue weighted by atomic mass is 35.5. The highest BCUT2D eigenvalue weighted by molar-refractivity contribution is 7.99. The number of urea groups is 1. The molecular formula is C13H16ClN5O2S. The van der Waals surface area contributed by atoms with Crippen molar-refractivity contribution in [3.63, 3.8) is 0 Å². The molecule has 0 aliphatic carbocycles. The molecule has 0 aliphatic heterocycles. The van der Waals surface area contributed by atoms with E-state index in [-0.39, 0.29) is 5.75 Å². The molecule has 2 aromatic heterocycles. The van der Waals surface area contributed by atoms with Crippen molar-refractivity contribution >= 4 is 46.5 Å². The Kier molecular flexibility index (Phi) is 5.62. The maximum Gasteiger partial charge on any atom is 0.321 e. The van der Waals surface area contributed by atoms with Gasteiger partial charge in [0.1, 0.15) is 0 Å². The van der Waals surface area contributed by atoms with E-state index in [4.69, 9.17) is 11.6 Å². The van der Waals surface area contributed by atoms with Gasteiger partial charge in [0, 0.05) is 12.7 Å². The summed E-state index contributed by atoms with van der Waals surface area (Å²) < 4.78 is 0. The molecule has 0 saturated heterocycles. The molecule has 118 valence electrons. The normalized spacial score (nSPS) is 10.9. The van der Waals surface area contributed by atoms with E-state index >= 15 is 0 Å². The number of aromatic nitrogens is 3. The minimum absolute atomic E-state index is 0.0721. The molecule has 0 aromatic carbocycles. The Bertz CT molecular complexity index is 688. The van der Waals surface area contributed by atoms with Gasteiger partial charge in [0.05, 0.1) is 16.3 Å². The maximum atomic E-state index is 11.7. The smallest absolute Gasteiger partial charge is 0.321 e. The number of nitrogens with zero attached hydrogens (tertiary/aromatic N) is 2. The second kappa shape index (κ2) is 7.46. The monoisotopic (exact) mass is 341 g/mol. The molecule has 3 N–H and O–H groups in total. The van der Waals surface area contributed by atoms with Gasteiger partial charge in [0.15, 0.2) is 10.8 Å². The molecule has 0 spiro atoms. The first-order chi connectivity index (χ1) is 10.4. The first-order valence-electron chi connectivity index (χ1n) is 6.66. The van der Waals surface area contributed by atoms with E-state index in [0.29, 0.717) is 33.8 Å². The summed E-state index contributed by atoms with van der Waals surface area (Å²) in [6, 6.07) is 1.22. The molecule has 22 heavy (non-hydrogen) atoms. The summed E-state index contributed by atoms with van der Waals surface area (Å²) in [5.41, 5.74) is 1.23. The second-order valence-electron chi connectivity index (χ2n) is 5.01. The Hall–Kier alpha value is -1.80. The lowest BCUT2D eigenvalue weighted by Crippen LogP contribution is -2.41. The summed E-state index contributed by atoms with van der Waals surface area (Å²) in [7, 11) is 0.